The molecule has 0 amide bonds. The van der Waals surface area contributed by atoms with Crippen molar-refractivity contribution in [1.29, 1.82) is 0 Å². The second-order valence-electron chi connectivity index (χ2n) is 13.3. The van der Waals surface area contributed by atoms with Crippen LogP contribution in [0, 0.1) is 0 Å². The highest BCUT2D eigenvalue weighted by atomic mass is 32.7. The number of esters is 1. The van der Waals surface area contributed by atoms with Gasteiger partial charge in [0.05, 0.1) is 32.2 Å². The Labute approximate surface area is 339 Å². The molecule has 0 aliphatic carbocycles. The topological polar surface area (TPSA) is 270 Å². The molecule has 0 radical (unpaired) electrons. The van der Waals surface area contributed by atoms with Crippen LogP contribution in [0.1, 0.15) is 28.4 Å². The predicted octanol–water partition coefficient (Wildman–Crippen LogP) is 3.62. The molecule has 2 unspecified atom stereocenters. The minimum Gasteiger partial charge on any atom is -0.497 e. The van der Waals surface area contributed by atoms with Crippen LogP contribution in [0.4, 0.5) is 14.6 Å². The first-order valence-corrected chi connectivity index (χ1v) is 22.4. The van der Waals surface area contributed by atoms with Gasteiger partial charge in [-0.2, -0.15) is 0 Å². The molecule has 3 aliphatic rings. The number of benzene rings is 2. The van der Waals surface area contributed by atoms with Crippen molar-refractivity contribution in [2.45, 2.75) is 55.0 Å². The molecular formula is C34H33F2N7O14P2S. The molecule has 318 valence electrons. The lowest BCUT2D eigenvalue weighted by molar-refractivity contribution is -0.0619. The molecule has 26 heteroatoms. The van der Waals surface area contributed by atoms with Crippen molar-refractivity contribution in [3.05, 3.63) is 105 Å². The number of halogens is 2. The minimum absolute atomic E-state index is 0.0163. The number of carbonyl (C=O) groups is 1. The Bertz CT molecular complexity index is 2600. The van der Waals surface area contributed by atoms with Gasteiger partial charge in [0.2, 0.25) is 0 Å². The fourth-order valence-corrected chi connectivity index (χ4v) is 10.8. The van der Waals surface area contributed by atoms with E-state index in [1.165, 1.54) is 31.4 Å². The lowest BCUT2D eigenvalue weighted by Crippen LogP contribution is -2.38. The first-order chi connectivity index (χ1) is 28.7. The van der Waals surface area contributed by atoms with Gasteiger partial charge in [0.15, 0.2) is 36.3 Å². The van der Waals surface area contributed by atoms with E-state index in [9.17, 15) is 28.4 Å². The van der Waals surface area contributed by atoms with Crippen molar-refractivity contribution >= 4 is 49.0 Å². The first kappa shape index (κ1) is 41.8. The Morgan fingerprint density at radius 1 is 0.917 bits per heavy atom. The molecule has 21 nitrogen and oxygen atoms in total. The average Bonchev–Trinajstić information content (AvgIpc) is 3.89. The van der Waals surface area contributed by atoms with Gasteiger partial charge in [0.25, 0.3) is 5.56 Å². The molecule has 3 aromatic heterocycles. The Morgan fingerprint density at radius 3 is 2.25 bits per heavy atom. The fourth-order valence-electron chi connectivity index (χ4n) is 6.50. The van der Waals surface area contributed by atoms with Gasteiger partial charge in [-0.1, -0.05) is 12.1 Å². The third-order valence-corrected chi connectivity index (χ3v) is 14.1. The van der Waals surface area contributed by atoms with Gasteiger partial charge in [-0.3, -0.25) is 37.0 Å². The summed E-state index contributed by atoms with van der Waals surface area (Å²) in [5, 5.41) is 0. The number of alkyl halides is 2. The van der Waals surface area contributed by atoms with E-state index in [4.69, 9.17) is 42.8 Å². The number of anilines is 1. The molecule has 3 aliphatic heterocycles. The lowest BCUT2D eigenvalue weighted by atomic mass is 10.1. The van der Waals surface area contributed by atoms with Crippen LogP contribution in [-0.4, -0.2) is 97.0 Å². The highest BCUT2D eigenvalue weighted by Gasteiger charge is 2.55. The molecule has 60 heavy (non-hydrogen) atoms. The van der Waals surface area contributed by atoms with E-state index in [0.717, 1.165) is 29.5 Å². The van der Waals surface area contributed by atoms with Gasteiger partial charge >= 0.3 is 26.3 Å². The molecule has 3 saturated heterocycles. The number of nitrogen functional groups attached to an aromatic ring is 1. The fraction of sp³-hybridized carbons (Fsp3) is 0.353. The van der Waals surface area contributed by atoms with E-state index in [1.807, 2.05) is 4.98 Å². The highest BCUT2D eigenvalue weighted by Crippen LogP contribution is 2.65. The molecule has 10 atom stereocenters. The van der Waals surface area contributed by atoms with E-state index in [-0.39, 0.29) is 34.0 Å². The van der Waals surface area contributed by atoms with Crippen LogP contribution in [0.3, 0.4) is 0 Å². The number of aromatic nitrogens is 6. The van der Waals surface area contributed by atoms with Crippen LogP contribution in [-0.2, 0) is 42.5 Å². The minimum atomic E-state index is -5.23. The van der Waals surface area contributed by atoms with Crippen molar-refractivity contribution in [2.24, 2.45) is 0 Å². The van der Waals surface area contributed by atoms with E-state index in [2.05, 4.69) is 15.0 Å². The number of phosphoric acid groups is 1. The molecule has 2 aromatic carbocycles. The van der Waals surface area contributed by atoms with Gasteiger partial charge in [0, 0.05) is 18.0 Å². The summed E-state index contributed by atoms with van der Waals surface area (Å²) < 4.78 is 107. The van der Waals surface area contributed by atoms with E-state index in [1.54, 1.807) is 24.3 Å². The summed E-state index contributed by atoms with van der Waals surface area (Å²) in [5.74, 6) is -0.0304. The molecule has 0 saturated carbocycles. The van der Waals surface area contributed by atoms with E-state index < -0.39 is 94.3 Å². The summed E-state index contributed by atoms with van der Waals surface area (Å²) in [7, 11) is -3.74. The maximum absolute atomic E-state index is 16.4. The second-order valence-corrected chi connectivity index (χ2v) is 18.7. The molecule has 5 aromatic rings. The standard InChI is InChI=1S/C34H33F2N7O14P2S/c1-50-19-8-4-18(5-9-19)33(45)53-20-6-2-17(3-7-20)14-60-59(49)52-13-22-27(24(35)32(55-22)43-16-40-26-29(37)38-15-39-30(26)43)56-58(47,48)51-12-21-28(57-59)25(36)31(54-21)42-11-10-23(44)41-34(42)46/h2-11,15-16,21-22,24-25,27-28,31-32H,12-14H2,1H3,(H,47,48)(H2,37,38,39)(H,41,44,46)/t21-,22-,24?,25+,27?,28+,31-,32-,59-/m1/s1. The summed E-state index contributed by atoms with van der Waals surface area (Å²) in [4.78, 5) is 61.8. The summed E-state index contributed by atoms with van der Waals surface area (Å²) in [5.41, 5.74) is 4.98. The van der Waals surface area contributed by atoms with Gasteiger partial charge in [0.1, 0.15) is 47.8 Å². The Hall–Kier alpha value is -4.87. The van der Waals surface area contributed by atoms with Crippen LogP contribution in [0.25, 0.3) is 11.2 Å². The third kappa shape index (κ3) is 8.66. The zero-order valence-corrected chi connectivity index (χ0v) is 33.4. The number of nitrogens with one attached hydrogen (secondary N) is 1. The van der Waals surface area contributed by atoms with E-state index in [0.29, 0.717) is 27.3 Å². The number of imidazole rings is 1. The number of hydrogen-bond donors (Lipinski definition) is 3. The maximum atomic E-state index is 16.4. The zero-order valence-electron chi connectivity index (χ0n) is 30.8. The van der Waals surface area contributed by atoms with Crippen molar-refractivity contribution in [1.82, 2.24) is 29.1 Å². The summed E-state index contributed by atoms with van der Waals surface area (Å²) in [6.45, 7) is -6.40. The van der Waals surface area contributed by atoms with Crippen molar-refractivity contribution in [3.8, 4) is 11.5 Å². The quantitative estimate of drug-likeness (QED) is 0.114. The number of fused-ring (bicyclic) bond motifs is 3. The normalized spacial score (nSPS) is 30.8. The van der Waals surface area contributed by atoms with Crippen molar-refractivity contribution < 1.29 is 64.6 Å². The smallest absolute Gasteiger partial charge is 0.472 e. The highest BCUT2D eigenvalue weighted by molar-refractivity contribution is 8.54. The number of nitrogens with two attached hydrogens (primary N) is 1. The SMILES string of the molecule is COc1ccc(C(=O)Oc2ccc(CS[P@]3(=O)OC[C@H]4O[C@@H](n5cnc6c(N)ncnc65)C(F)C4O[P@@](=O)(O)OC[C@H]4O[C@@H](n5ccc(=O)[nH]c5=O)[C@@H](F)[C@H]4O3)cc2)cc1. The molecule has 6 heterocycles. The van der Waals surface area contributed by atoms with Gasteiger partial charge in [-0.15, -0.1) is 0 Å². The Balaban J connectivity index is 1.06. The number of hydrogen-bond acceptors (Lipinski definition) is 18. The van der Waals surface area contributed by atoms with Crippen molar-refractivity contribution in [2.75, 3.05) is 26.1 Å². The molecule has 8 rings (SSSR count). The van der Waals surface area contributed by atoms with E-state index >= 15 is 8.78 Å². The van der Waals surface area contributed by atoms with Crippen LogP contribution < -0.4 is 26.5 Å². The summed E-state index contributed by atoms with van der Waals surface area (Å²) >= 11 is 0.586. The lowest BCUT2D eigenvalue weighted by Gasteiger charge is -2.29. The molecular weight excluding hydrogens is 862 g/mol. The number of nitrogens with zero attached hydrogens (tertiary/aromatic N) is 5. The Morgan fingerprint density at radius 2 is 1.57 bits per heavy atom. The van der Waals surface area contributed by atoms with Gasteiger partial charge in [-0.25, -0.2) is 42.5 Å². The molecule has 0 spiro atoms. The molecule has 4 N–H and O–H groups in total. The maximum Gasteiger partial charge on any atom is 0.472 e. The Kier molecular flexibility index (Phi) is 11.8. The number of phosphoric ester groups is 1. The van der Waals surface area contributed by atoms with Gasteiger partial charge < -0.3 is 29.6 Å². The second kappa shape index (κ2) is 16.9. The van der Waals surface area contributed by atoms with Crippen molar-refractivity contribution in [3.63, 3.8) is 0 Å². The van der Waals surface area contributed by atoms with Crippen LogP contribution in [0.5, 0.6) is 11.5 Å². The first-order valence-electron chi connectivity index (χ1n) is 17.7. The van der Waals surface area contributed by atoms with Crippen LogP contribution in [0.2, 0.25) is 0 Å². The molecule has 0 bridgehead atoms. The van der Waals surface area contributed by atoms with Gasteiger partial charge in [-0.05, 0) is 53.3 Å². The number of rotatable bonds is 8. The predicted molar refractivity (Wildman–Crippen MR) is 203 cm³/mol. The number of carbonyl (C=O) groups excluding carboxylic acids is 1. The molecule has 3 fully saturated rings. The average molecular weight is 896 g/mol. The number of methoxy groups -OCH3 is 1. The largest absolute Gasteiger partial charge is 0.497 e. The number of ether oxygens (including phenoxy) is 4. The van der Waals surface area contributed by atoms with Crippen LogP contribution in [0.15, 0.2) is 83.0 Å². The summed E-state index contributed by atoms with van der Waals surface area (Å²) in [6.07, 6.45) is -11.8. The third-order valence-electron chi connectivity index (χ3n) is 9.47. The monoisotopic (exact) mass is 895 g/mol. The zero-order chi connectivity index (χ0) is 42.3. The number of aromatic amines is 1. The number of H-pyrrole nitrogens is 1. The summed E-state index contributed by atoms with van der Waals surface area (Å²) in [6, 6.07) is 13.3. The van der Waals surface area contributed by atoms with Crippen LogP contribution >= 0.6 is 26.0 Å².